The Morgan fingerprint density at radius 2 is 2.05 bits per heavy atom. The number of ether oxygens (including phenoxy) is 2. The van der Waals surface area contributed by atoms with Crippen LogP contribution >= 0.6 is 0 Å². The van der Waals surface area contributed by atoms with Crippen LogP contribution in [0.3, 0.4) is 0 Å². The fourth-order valence-corrected chi connectivity index (χ4v) is 2.68. The summed E-state index contributed by atoms with van der Waals surface area (Å²) < 4.78 is 11.4. The molecule has 1 aliphatic rings. The highest BCUT2D eigenvalue weighted by Gasteiger charge is 2.31. The van der Waals surface area contributed by atoms with Gasteiger partial charge in [0.05, 0.1) is 0 Å². The first-order chi connectivity index (χ1) is 10.3. The van der Waals surface area contributed by atoms with Crippen LogP contribution in [0.25, 0.3) is 0 Å². The Hall–Kier alpha value is -1.36. The average Bonchev–Trinajstić information content (AvgIpc) is 2.54. The van der Waals surface area contributed by atoms with E-state index in [1.807, 2.05) is 24.3 Å². The number of nitrogens with two attached hydrogens (primary N) is 1. The molecule has 1 atom stereocenters. The summed E-state index contributed by atoms with van der Waals surface area (Å²) in [7, 11) is 1.79. The minimum absolute atomic E-state index is 0.204. The zero-order chi connectivity index (χ0) is 15.0. The van der Waals surface area contributed by atoms with Crippen molar-refractivity contribution in [2.45, 2.75) is 31.4 Å². The molecule has 0 aromatic heterocycles. The highest BCUT2D eigenvalue weighted by molar-refractivity contribution is 5.28. The van der Waals surface area contributed by atoms with Crippen LogP contribution in [0.2, 0.25) is 0 Å². The fraction of sp³-hybridized carbons (Fsp3) is 0.529. The molecule has 2 rings (SSSR count). The molecule has 3 N–H and O–H groups in total. The number of nitrogens with one attached hydrogen (secondary N) is 1. The van der Waals surface area contributed by atoms with E-state index in [1.165, 1.54) is 18.4 Å². The predicted octanol–water partition coefficient (Wildman–Crippen LogP) is 2.24. The van der Waals surface area contributed by atoms with Gasteiger partial charge in [0.15, 0.2) is 0 Å². The molecule has 4 nitrogen and oxygen atoms in total. The van der Waals surface area contributed by atoms with Crippen LogP contribution in [0, 0.1) is 0 Å². The quantitative estimate of drug-likeness (QED) is 0.756. The summed E-state index contributed by atoms with van der Waals surface area (Å²) in [6, 6.07) is 8.24. The maximum Gasteiger partial charge on any atom is 0.122 e. The zero-order valence-electron chi connectivity index (χ0n) is 12.8. The van der Waals surface area contributed by atoms with Gasteiger partial charge >= 0.3 is 0 Å². The van der Waals surface area contributed by atoms with Gasteiger partial charge in [-0.05, 0) is 43.5 Å². The van der Waals surface area contributed by atoms with Gasteiger partial charge in [0.25, 0.3) is 0 Å². The SMILES string of the molecule is COC1(Cc2ccc(OC/C=C\CN)cc2)CCCCN1. The minimum atomic E-state index is -0.204. The molecule has 0 amide bonds. The summed E-state index contributed by atoms with van der Waals surface area (Å²) in [5, 5.41) is 3.52. The van der Waals surface area contributed by atoms with Gasteiger partial charge in [-0.3, -0.25) is 5.32 Å². The van der Waals surface area contributed by atoms with Crippen LogP contribution in [0.15, 0.2) is 36.4 Å². The summed E-state index contributed by atoms with van der Waals surface area (Å²) in [6.45, 7) is 2.14. The summed E-state index contributed by atoms with van der Waals surface area (Å²) >= 11 is 0. The lowest BCUT2D eigenvalue weighted by Gasteiger charge is -2.37. The summed E-state index contributed by atoms with van der Waals surface area (Å²) in [5.41, 5.74) is 6.44. The van der Waals surface area contributed by atoms with Crippen molar-refractivity contribution < 1.29 is 9.47 Å². The monoisotopic (exact) mass is 290 g/mol. The van der Waals surface area contributed by atoms with Crippen LogP contribution in [-0.4, -0.2) is 32.5 Å². The van der Waals surface area contributed by atoms with Crippen molar-refractivity contribution in [1.29, 1.82) is 0 Å². The topological polar surface area (TPSA) is 56.5 Å². The summed E-state index contributed by atoms with van der Waals surface area (Å²) in [6.07, 6.45) is 8.22. The molecule has 1 saturated heterocycles. The van der Waals surface area contributed by atoms with Gasteiger partial charge in [-0.15, -0.1) is 0 Å². The molecule has 0 bridgehead atoms. The molecule has 1 aromatic rings. The standard InChI is InChI=1S/C17H26N2O2/c1-20-17(10-2-4-12-19-17)14-15-6-8-16(9-7-15)21-13-5-3-11-18/h3,5-9,19H,2,4,10-14,18H2,1H3/b5-3-. The number of hydrogen-bond acceptors (Lipinski definition) is 4. The maximum atomic E-state index is 5.74. The molecule has 21 heavy (non-hydrogen) atoms. The van der Waals surface area contributed by atoms with Gasteiger partial charge in [-0.1, -0.05) is 24.3 Å². The maximum absolute atomic E-state index is 5.74. The molecule has 1 fully saturated rings. The molecular formula is C17H26N2O2. The van der Waals surface area contributed by atoms with E-state index in [0.29, 0.717) is 13.2 Å². The lowest BCUT2D eigenvalue weighted by Crippen LogP contribution is -2.51. The molecule has 0 spiro atoms. The Morgan fingerprint density at radius 3 is 2.67 bits per heavy atom. The van der Waals surface area contributed by atoms with Crippen LogP contribution in [-0.2, 0) is 11.2 Å². The molecular weight excluding hydrogens is 264 g/mol. The van der Waals surface area contributed by atoms with Crippen LogP contribution in [0.5, 0.6) is 5.75 Å². The van der Waals surface area contributed by atoms with E-state index in [-0.39, 0.29) is 5.72 Å². The first-order valence-electron chi connectivity index (χ1n) is 7.65. The van der Waals surface area contributed by atoms with Crippen molar-refractivity contribution in [3.05, 3.63) is 42.0 Å². The van der Waals surface area contributed by atoms with Crippen molar-refractivity contribution in [2.24, 2.45) is 5.73 Å². The van der Waals surface area contributed by atoms with Gasteiger partial charge in [-0.2, -0.15) is 0 Å². The number of hydrogen-bond donors (Lipinski definition) is 2. The summed E-state index contributed by atoms with van der Waals surface area (Å²) in [4.78, 5) is 0. The molecule has 0 radical (unpaired) electrons. The van der Waals surface area contributed by atoms with E-state index in [2.05, 4.69) is 17.4 Å². The van der Waals surface area contributed by atoms with Crippen molar-refractivity contribution in [1.82, 2.24) is 5.32 Å². The smallest absolute Gasteiger partial charge is 0.122 e. The van der Waals surface area contributed by atoms with Crippen LogP contribution < -0.4 is 15.8 Å². The number of benzene rings is 1. The predicted molar refractivity (Wildman–Crippen MR) is 85.4 cm³/mol. The van der Waals surface area contributed by atoms with Crippen LogP contribution in [0.1, 0.15) is 24.8 Å². The van der Waals surface area contributed by atoms with Gasteiger partial charge in [0, 0.05) is 20.1 Å². The van der Waals surface area contributed by atoms with E-state index in [0.717, 1.165) is 25.1 Å². The minimum Gasteiger partial charge on any atom is -0.490 e. The van der Waals surface area contributed by atoms with Crippen LogP contribution in [0.4, 0.5) is 0 Å². The molecule has 0 aliphatic carbocycles. The highest BCUT2D eigenvalue weighted by atomic mass is 16.5. The van der Waals surface area contributed by atoms with Crippen molar-refractivity contribution in [3.8, 4) is 5.75 Å². The molecule has 116 valence electrons. The van der Waals surface area contributed by atoms with Gasteiger partial charge < -0.3 is 15.2 Å². The van der Waals surface area contributed by atoms with E-state index < -0.39 is 0 Å². The Bertz CT molecular complexity index is 437. The van der Waals surface area contributed by atoms with Gasteiger partial charge in [0.2, 0.25) is 0 Å². The van der Waals surface area contributed by atoms with Crippen molar-refractivity contribution in [3.63, 3.8) is 0 Å². The molecule has 1 aromatic carbocycles. The molecule has 4 heteroatoms. The van der Waals surface area contributed by atoms with Gasteiger partial charge in [-0.25, -0.2) is 0 Å². The first-order valence-corrected chi connectivity index (χ1v) is 7.65. The Kier molecular flexibility index (Phi) is 6.23. The second kappa shape index (κ2) is 8.17. The Balaban J connectivity index is 1.90. The number of piperidine rings is 1. The van der Waals surface area contributed by atoms with E-state index in [4.69, 9.17) is 15.2 Å². The van der Waals surface area contributed by atoms with E-state index in [1.54, 1.807) is 7.11 Å². The number of methoxy groups -OCH3 is 1. The molecule has 0 saturated carbocycles. The Labute approximate surface area is 127 Å². The molecule has 1 heterocycles. The largest absolute Gasteiger partial charge is 0.490 e. The van der Waals surface area contributed by atoms with Crippen molar-refractivity contribution in [2.75, 3.05) is 26.8 Å². The number of rotatable bonds is 7. The molecule has 1 aliphatic heterocycles. The average molecular weight is 290 g/mol. The molecule has 1 unspecified atom stereocenters. The lowest BCUT2D eigenvalue weighted by atomic mass is 9.93. The summed E-state index contributed by atoms with van der Waals surface area (Å²) in [5.74, 6) is 0.878. The lowest BCUT2D eigenvalue weighted by molar-refractivity contribution is -0.0582. The third-order valence-corrected chi connectivity index (χ3v) is 3.91. The highest BCUT2D eigenvalue weighted by Crippen LogP contribution is 2.25. The fourth-order valence-electron chi connectivity index (χ4n) is 2.68. The second-order valence-electron chi connectivity index (χ2n) is 5.42. The Morgan fingerprint density at radius 1 is 1.24 bits per heavy atom. The van der Waals surface area contributed by atoms with Gasteiger partial charge in [0.1, 0.15) is 18.1 Å². The second-order valence-corrected chi connectivity index (χ2v) is 5.42. The third kappa shape index (κ3) is 4.84. The van der Waals surface area contributed by atoms with E-state index >= 15 is 0 Å². The third-order valence-electron chi connectivity index (χ3n) is 3.91. The first kappa shape index (κ1) is 16.0. The zero-order valence-corrected chi connectivity index (χ0v) is 12.8. The van der Waals surface area contributed by atoms with Crippen molar-refractivity contribution >= 4 is 0 Å². The normalized spacial score (nSPS) is 22.6. The van der Waals surface area contributed by atoms with E-state index in [9.17, 15) is 0 Å².